The average molecular weight is 275 g/mol. The molecule has 108 valence electrons. The second kappa shape index (κ2) is 5.01. The minimum absolute atomic E-state index is 0.293. The number of piperidine rings is 1. The lowest BCUT2D eigenvalue weighted by Crippen LogP contribution is -2.50. The van der Waals surface area contributed by atoms with E-state index in [9.17, 15) is 0 Å². The van der Waals surface area contributed by atoms with Crippen molar-refractivity contribution in [2.24, 2.45) is 5.41 Å². The van der Waals surface area contributed by atoms with Gasteiger partial charge < -0.3 is 15.2 Å². The van der Waals surface area contributed by atoms with Crippen LogP contribution in [0.15, 0.2) is 10.9 Å². The van der Waals surface area contributed by atoms with Gasteiger partial charge in [0, 0.05) is 12.6 Å². The van der Waals surface area contributed by atoms with Gasteiger partial charge in [-0.25, -0.2) is 4.98 Å². The first-order chi connectivity index (χ1) is 9.58. The molecule has 3 rings (SSSR count). The van der Waals surface area contributed by atoms with Crippen LogP contribution in [0.25, 0.3) is 11.1 Å². The van der Waals surface area contributed by atoms with Crippen molar-refractivity contribution in [1.29, 1.82) is 0 Å². The molecule has 6 nitrogen and oxygen atoms in total. The van der Waals surface area contributed by atoms with Gasteiger partial charge in [-0.1, -0.05) is 19.0 Å². The summed E-state index contributed by atoms with van der Waals surface area (Å²) in [5, 5.41) is 11.8. The third-order valence-corrected chi connectivity index (χ3v) is 4.25. The fraction of sp³-hybridized carbons (Fsp3) is 0.643. The first-order valence-corrected chi connectivity index (χ1v) is 7.12. The maximum Gasteiger partial charge on any atom is 0.263 e. The Morgan fingerprint density at radius 1 is 1.45 bits per heavy atom. The quantitative estimate of drug-likeness (QED) is 0.893. The summed E-state index contributed by atoms with van der Waals surface area (Å²) in [5.74, 6) is 0.803. The Morgan fingerprint density at radius 2 is 2.30 bits per heavy atom. The molecular formula is C14H21N5O. The van der Waals surface area contributed by atoms with Crippen molar-refractivity contribution in [2.45, 2.75) is 39.7 Å². The summed E-state index contributed by atoms with van der Waals surface area (Å²) in [6.07, 6.45) is 4.00. The van der Waals surface area contributed by atoms with Crippen LogP contribution < -0.4 is 10.6 Å². The van der Waals surface area contributed by atoms with Crippen LogP contribution in [0.1, 0.15) is 32.4 Å². The third-order valence-electron chi connectivity index (χ3n) is 4.25. The summed E-state index contributed by atoms with van der Waals surface area (Å²) >= 11 is 0. The molecule has 1 aliphatic rings. The highest BCUT2D eigenvalue weighted by atomic mass is 16.5. The van der Waals surface area contributed by atoms with Gasteiger partial charge in [0.25, 0.3) is 5.71 Å². The molecule has 2 aromatic heterocycles. The third kappa shape index (κ3) is 2.35. The maximum atomic E-state index is 5.17. The van der Waals surface area contributed by atoms with E-state index in [2.05, 4.69) is 39.6 Å². The molecule has 0 amide bonds. The second-order valence-corrected chi connectivity index (χ2v) is 6.15. The molecule has 1 aliphatic heterocycles. The Morgan fingerprint density at radius 3 is 3.10 bits per heavy atom. The summed E-state index contributed by atoms with van der Waals surface area (Å²) in [4.78, 5) is 8.41. The molecule has 0 spiro atoms. The Kier molecular flexibility index (Phi) is 3.33. The number of fused-ring (bicyclic) bond motifs is 1. The van der Waals surface area contributed by atoms with Crippen molar-refractivity contribution in [2.75, 3.05) is 18.4 Å². The predicted octanol–water partition coefficient (Wildman–Crippen LogP) is 2.12. The molecule has 6 heteroatoms. The summed E-state index contributed by atoms with van der Waals surface area (Å²) in [6.45, 7) is 8.45. The number of nitrogens with one attached hydrogen (secondary N) is 2. The maximum absolute atomic E-state index is 5.17. The molecule has 2 aromatic rings. The first kappa shape index (κ1) is 13.3. The standard InChI is InChI=1S/C14H21N5O/c1-9-11-12(17-8-18-13(11)20-19-9)16-7-10-14(2,3)5-4-6-15-10/h8,10,15H,4-7H2,1-3H3,(H,16,17,18). The lowest BCUT2D eigenvalue weighted by atomic mass is 9.77. The fourth-order valence-corrected chi connectivity index (χ4v) is 2.87. The van der Waals surface area contributed by atoms with Crippen molar-refractivity contribution in [1.82, 2.24) is 20.4 Å². The Bertz CT molecular complexity index is 607. The summed E-state index contributed by atoms with van der Waals surface area (Å²) in [5.41, 5.74) is 1.65. The van der Waals surface area contributed by atoms with Gasteiger partial charge in [-0.2, -0.15) is 4.98 Å². The summed E-state index contributed by atoms with van der Waals surface area (Å²) in [6, 6.07) is 0.432. The van der Waals surface area contributed by atoms with E-state index in [0.29, 0.717) is 17.2 Å². The SMILES string of the molecule is Cc1noc2ncnc(NCC3NCCCC3(C)C)c12. The number of hydrogen-bond acceptors (Lipinski definition) is 6. The van der Waals surface area contributed by atoms with Crippen molar-refractivity contribution < 1.29 is 4.52 Å². The molecule has 1 saturated heterocycles. The Labute approximate surface area is 118 Å². The van der Waals surface area contributed by atoms with Crippen LogP contribution in [-0.4, -0.2) is 34.3 Å². The highest BCUT2D eigenvalue weighted by Crippen LogP contribution is 2.30. The number of anilines is 1. The highest BCUT2D eigenvalue weighted by Gasteiger charge is 2.31. The van der Waals surface area contributed by atoms with Crippen LogP contribution in [0.4, 0.5) is 5.82 Å². The topological polar surface area (TPSA) is 75.9 Å². The van der Waals surface area contributed by atoms with Crippen molar-refractivity contribution in [3.63, 3.8) is 0 Å². The molecular weight excluding hydrogens is 254 g/mol. The van der Waals surface area contributed by atoms with Crippen LogP contribution in [0.2, 0.25) is 0 Å². The largest absolute Gasteiger partial charge is 0.368 e. The van der Waals surface area contributed by atoms with Gasteiger partial charge in [-0.15, -0.1) is 0 Å². The molecule has 1 fully saturated rings. The van der Waals surface area contributed by atoms with Gasteiger partial charge >= 0.3 is 0 Å². The molecule has 2 N–H and O–H groups in total. The van der Waals surface area contributed by atoms with E-state index in [1.54, 1.807) is 0 Å². The van der Waals surface area contributed by atoms with Crippen molar-refractivity contribution in [3.8, 4) is 0 Å². The average Bonchev–Trinajstić information content (AvgIpc) is 2.80. The molecule has 0 aliphatic carbocycles. The highest BCUT2D eigenvalue weighted by molar-refractivity contribution is 5.87. The van der Waals surface area contributed by atoms with Crippen LogP contribution in [0.3, 0.4) is 0 Å². The van der Waals surface area contributed by atoms with Gasteiger partial charge in [-0.3, -0.25) is 0 Å². The van der Waals surface area contributed by atoms with Gasteiger partial charge in [0.05, 0.1) is 5.69 Å². The number of hydrogen-bond donors (Lipinski definition) is 2. The zero-order valence-corrected chi connectivity index (χ0v) is 12.2. The van der Waals surface area contributed by atoms with Crippen LogP contribution in [0, 0.1) is 12.3 Å². The molecule has 0 aromatic carbocycles. The van der Waals surface area contributed by atoms with E-state index in [1.165, 1.54) is 19.2 Å². The molecule has 1 atom stereocenters. The van der Waals surface area contributed by atoms with E-state index in [4.69, 9.17) is 4.52 Å². The summed E-state index contributed by atoms with van der Waals surface area (Å²) < 4.78 is 5.17. The predicted molar refractivity (Wildman–Crippen MR) is 77.6 cm³/mol. The molecule has 0 bridgehead atoms. The van der Waals surface area contributed by atoms with Gasteiger partial charge in [0.15, 0.2) is 0 Å². The van der Waals surface area contributed by atoms with Gasteiger partial charge in [-0.05, 0) is 31.7 Å². The minimum atomic E-state index is 0.293. The second-order valence-electron chi connectivity index (χ2n) is 6.15. The van der Waals surface area contributed by atoms with Crippen LogP contribution in [-0.2, 0) is 0 Å². The van der Waals surface area contributed by atoms with E-state index >= 15 is 0 Å². The number of aromatic nitrogens is 3. The molecule has 3 heterocycles. The minimum Gasteiger partial charge on any atom is -0.368 e. The van der Waals surface area contributed by atoms with E-state index in [0.717, 1.165) is 30.0 Å². The van der Waals surface area contributed by atoms with E-state index in [-0.39, 0.29) is 0 Å². The van der Waals surface area contributed by atoms with Gasteiger partial charge in [0.2, 0.25) is 0 Å². The first-order valence-electron chi connectivity index (χ1n) is 7.12. The lowest BCUT2D eigenvalue weighted by molar-refractivity contribution is 0.188. The zero-order valence-electron chi connectivity index (χ0n) is 12.2. The van der Waals surface area contributed by atoms with Crippen molar-refractivity contribution in [3.05, 3.63) is 12.0 Å². The van der Waals surface area contributed by atoms with Crippen LogP contribution >= 0.6 is 0 Å². The van der Waals surface area contributed by atoms with E-state index < -0.39 is 0 Å². The molecule has 0 radical (unpaired) electrons. The fourth-order valence-electron chi connectivity index (χ4n) is 2.87. The van der Waals surface area contributed by atoms with Crippen molar-refractivity contribution >= 4 is 16.9 Å². The number of rotatable bonds is 3. The Balaban J connectivity index is 1.78. The Hall–Kier alpha value is -1.69. The monoisotopic (exact) mass is 275 g/mol. The molecule has 1 unspecified atom stereocenters. The number of nitrogens with zero attached hydrogens (tertiary/aromatic N) is 3. The zero-order chi connectivity index (χ0) is 14.2. The molecule has 0 saturated carbocycles. The summed E-state index contributed by atoms with van der Waals surface area (Å²) in [7, 11) is 0. The smallest absolute Gasteiger partial charge is 0.263 e. The van der Waals surface area contributed by atoms with Gasteiger partial charge in [0.1, 0.15) is 17.5 Å². The van der Waals surface area contributed by atoms with E-state index in [1.807, 2.05) is 6.92 Å². The molecule has 20 heavy (non-hydrogen) atoms. The number of aryl methyl sites for hydroxylation is 1. The normalized spacial score (nSPS) is 22.1. The van der Waals surface area contributed by atoms with Crippen LogP contribution in [0.5, 0.6) is 0 Å². The lowest BCUT2D eigenvalue weighted by Gasteiger charge is -2.39.